The normalized spacial score (nSPS) is 10.3. The predicted octanol–water partition coefficient (Wildman–Crippen LogP) is 3.43. The van der Waals surface area contributed by atoms with Crippen LogP contribution >= 0.6 is 0 Å². The minimum atomic E-state index is -0.392. The highest BCUT2D eigenvalue weighted by Gasteiger charge is 2.16. The Hall–Kier alpha value is -2.69. The molecule has 2 aromatic carbocycles. The second-order valence-corrected chi connectivity index (χ2v) is 5.51. The summed E-state index contributed by atoms with van der Waals surface area (Å²) in [7, 11) is 0. The van der Waals surface area contributed by atoms with Crippen molar-refractivity contribution in [3.63, 3.8) is 0 Å². The topological polar surface area (TPSA) is 49.4 Å². The van der Waals surface area contributed by atoms with Gasteiger partial charge in [0.05, 0.1) is 0 Å². The first-order valence-corrected chi connectivity index (χ1v) is 7.27. The Morgan fingerprint density at radius 3 is 2.13 bits per heavy atom. The zero-order valence-electron chi connectivity index (χ0n) is 13.4. The number of carbonyl (C=O) groups excluding carboxylic acids is 2. The van der Waals surface area contributed by atoms with Crippen LogP contribution in [-0.2, 0) is 9.59 Å². The van der Waals surface area contributed by atoms with Crippen molar-refractivity contribution in [2.24, 2.45) is 0 Å². The van der Waals surface area contributed by atoms with E-state index in [2.05, 4.69) is 5.32 Å². The van der Waals surface area contributed by atoms with Gasteiger partial charge >= 0.3 is 0 Å². The molecule has 120 valence electrons. The summed E-state index contributed by atoms with van der Waals surface area (Å²) in [5, 5.41) is 2.78. The molecule has 0 fully saturated rings. The van der Waals surface area contributed by atoms with Crippen LogP contribution in [0.1, 0.15) is 18.1 Å². The molecule has 0 saturated heterocycles. The first-order chi connectivity index (χ1) is 10.8. The predicted molar refractivity (Wildman–Crippen MR) is 89.0 cm³/mol. The standard InChI is InChI=1S/C18H19FN2O2/c1-12-8-13(2)10-16(9-12)20-18(23)11-21(14(3)22)17-6-4-15(19)5-7-17/h4-10H,11H2,1-3H3,(H,20,23). The highest BCUT2D eigenvalue weighted by atomic mass is 19.1. The highest BCUT2D eigenvalue weighted by molar-refractivity contribution is 6.01. The van der Waals surface area contributed by atoms with E-state index in [4.69, 9.17) is 0 Å². The number of aryl methyl sites for hydroxylation is 2. The molecule has 0 heterocycles. The summed E-state index contributed by atoms with van der Waals surface area (Å²) in [6.07, 6.45) is 0. The van der Waals surface area contributed by atoms with Gasteiger partial charge in [0.1, 0.15) is 12.4 Å². The molecule has 0 aliphatic carbocycles. The number of hydrogen-bond acceptors (Lipinski definition) is 2. The van der Waals surface area contributed by atoms with Crippen molar-refractivity contribution < 1.29 is 14.0 Å². The molecular formula is C18H19FN2O2. The minimum absolute atomic E-state index is 0.131. The fourth-order valence-electron chi connectivity index (χ4n) is 2.40. The fourth-order valence-corrected chi connectivity index (χ4v) is 2.40. The molecule has 0 aliphatic rings. The largest absolute Gasteiger partial charge is 0.325 e. The lowest BCUT2D eigenvalue weighted by molar-refractivity contribution is -0.120. The van der Waals surface area contributed by atoms with Crippen LogP contribution in [0.5, 0.6) is 0 Å². The van der Waals surface area contributed by atoms with Gasteiger partial charge in [0.2, 0.25) is 11.8 Å². The highest BCUT2D eigenvalue weighted by Crippen LogP contribution is 2.17. The Bertz CT molecular complexity index is 706. The van der Waals surface area contributed by atoms with Gasteiger partial charge in [-0.05, 0) is 61.4 Å². The van der Waals surface area contributed by atoms with E-state index in [1.165, 1.54) is 36.1 Å². The SMILES string of the molecule is CC(=O)N(CC(=O)Nc1cc(C)cc(C)c1)c1ccc(F)cc1. The molecule has 2 amide bonds. The molecule has 0 saturated carbocycles. The molecule has 0 atom stereocenters. The maximum Gasteiger partial charge on any atom is 0.244 e. The third-order valence-electron chi connectivity index (χ3n) is 3.33. The van der Waals surface area contributed by atoms with Gasteiger partial charge in [-0.1, -0.05) is 6.07 Å². The van der Waals surface area contributed by atoms with Crippen LogP contribution in [0, 0.1) is 19.7 Å². The Morgan fingerprint density at radius 1 is 1.04 bits per heavy atom. The second kappa shape index (κ2) is 7.05. The van der Waals surface area contributed by atoms with E-state index in [0.717, 1.165) is 11.1 Å². The summed E-state index contributed by atoms with van der Waals surface area (Å²) in [4.78, 5) is 25.3. The van der Waals surface area contributed by atoms with Gasteiger partial charge in [-0.25, -0.2) is 4.39 Å². The number of rotatable bonds is 4. The molecule has 0 bridgehead atoms. The number of carbonyl (C=O) groups is 2. The average Bonchev–Trinajstić information content (AvgIpc) is 2.44. The quantitative estimate of drug-likeness (QED) is 0.940. The molecule has 0 radical (unpaired) electrons. The number of nitrogens with zero attached hydrogens (tertiary/aromatic N) is 1. The maximum atomic E-state index is 13.0. The number of benzene rings is 2. The van der Waals surface area contributed by atoms with Gasteiger partial charge in [-0.2, -0.15) is 0 Å². The van der Waals surface area contributed by atoms with Crippen molar-refractivity contribution in [1.29, 1.82) is 0 Å². The lowest BCUT2D eigenvalue weighted by atomic mass is 10.1. The summed E-state index contributed by atoms with van der Waals surface area (Å²) in [5.74, 6) is -0.987. The van der Waals surface area contributed by atoms with E-state index in [-0.39, 0.29) is 18.4 Å². The third-order valence-corrected chi connectivity index (χ3v) is 3.33. The smallest absolute Gasteiger partial charge is 0.244 e. The van der Waals surface area contributed by atoms with Crippen molar-refractivity contribution in [2.75, 3.05) is 16.8 Å². The Kier molecular flexibility index (Phi) is 5.11. The van der Waals surface area contributed by atoms with Crippen LogP contribution in [0.3, 0.4) is 0 Å². The lowest BCUT2D eigenvalue weighted by Crippen LogP contribution is -2.36. The molecule has 23 heavy (non-hydrogen) atoms. The maximum absolute atomic E-state index is 13.0. The lowest BCUT2D eigenvalue weighted by Gasteiger charge is -2.20. The van der Waals surface area contributed by atoms with Gasteiger partial charge in [0.15, 0.2) is 0 Å². The number of nitrogens with one attached hydrogen (secondary N) is 1. The number of hydrogen-bond donors (Lipinski definition) is 1. The first kappa shape index (κ1) is 16.7. The number of amides is 2. The van der Waals surface area contributed by atoms with E-state index >= 15 is 0 Å². The third kappa shape index (κ3) is 4.64. The summed E-state index contributed by atoms with van der Waals surface area (Å²) < 4.78 is 13.0. The zero-order chi connectivity index (χ0) is 17.0. The van der Waals surface area contributed by atoms with E-state index in [1.54, 1.807) is 0 Å². The molecule has 0 unspecified atom stereocenters. The molecule has 2 aromatic rings. The van der Waals surface area contributed by atoms with E-state index in [0.29, 0.717) is 11.4 Å². The van der Waals surface area contributed by atoms with Crippen LogP contribution in [-0.4, -0.2) is 18.4 Å². The van der Waals surface area contributed by atoms with E-state index < -0.39 is 5.82 Å². The van der Waals surface area contributed by atoms with Crippen LogP contribution < -0.4 is 10.2 Å². The van der Waals surface area contributed by atoms with Crippen LogP contribution in [0.15, 0.2) is 42.5 Å². The molecule has 2 rings (SSSR count). The summed E-state index contributed by atoms with van der Waals surface area (Å²) in [5.41, 5.74) is 3.26. The van der Waals surface area contributed by atoms with Crippen LogP contribution in [0.25, 0.3) is 0 Å². The van der Waals surface area contributed by atoms with Gasteiger partial charge in [0.25, 0.3) is 0 Å². The first-order valence-electron chi connectivity index (χ1n) is 7.27. The number of anilines is 2. The van der Waals surface area contributed by atoms with Crippen molar-refractivity contribution in [3.05, 3.63) is 59.4 Å². The summed E-state index contributed by atoms with van der Waals surface area (Å²) in [6, 6.07) is 11.2. The van der Waals surface area contributed by atoms with Crippen LogP contribution in [0.2, 0.25) is 0 Å². The molecule has 0 spiro atoms. The van der Waals surface area contributed by atoms with Crippen LogP contribution in [0.4, 0.5) is 15.8 Å². The Labute approximate surface area is 134 Å². The van der Waals surface area contributed by atoms with Gasteiger partial charge in [0, 0.05) is 18.3 Å². The van der Waals surface area contributed by atoms with Crippen molar-refractivity contribution in [3.8, 4) is 0 Å². The molecule has 0 aromatic heterocycles. The van der Waals surface area contributed by atoms with E-state index in [1.807, 2.05) is 32.0 Å². The molecular weight excluding hydrogens is 295 g/mol. The zero-order valence-corrected chi connectivity index (χ0v) is 13.4. The van der Waals surface area contributed by atoms with Gasteiger partial charge < -0.3 is 10.2 Å². The van der Waals surface area contributed by atoms with E-state index in [9.17, 15) is 14.0 Å². The Balaban J connectivity index is 2.12. The second-order valence-electron chi connectivity index (χ2n) is 5.51. The molecule has 5 heteroatoms. The molecule has 1 N–H and O–H groups in total. The monoisotopic (exact) mass is 314 g/mol. The van der Waals surface area contributed by atoms with Crippen molar-refractivity contribution in [1.82, 2.24) is 0 Å². The number of halogens is 1. The van der Waals surface area contributed by atoms with Crippen molar-refractivity contribution in [2.45, 2.75) is 20.8 Å². The molecule has 4 nitrogen and oxygen atoms in total. The van der Waals surface area contributed by atoms with Crippen molar-refractivity contribution >= 4 is 23.2 Å². The summed E-state index contributed by atoms with van der Waals surface area (Å²) in [6.45, 7) is 5.13. The summed E-state index contributed by atoms with van der Waals surface area (Å²) >= 11 is 0. The minimum Gasteiger partial charge on any atom is -0.325 e. The fraction of sp³-hybridized carbons (Fsp3) is 0.222. The molecule has 0 aliphatic heterocycles. The van der Waals surface area contributed by atoms with Gasteiger partial charge in [-0.15, -0.1) is 0 Å². The average molecular weight is 314 g/mol. The Morgan fingerprint density at radius 2 is 1.61 bits per heavy atom. The van der Waals surface area contributed by atoms with Gasteiger partial charge in [-0.3, -0.25) is 9.59 Å².